The molecule has 1 amide bonds. The molecule has 1 saturated heterocycles. The molecule has 0 saturated carbocycles. The molecule has 7 heteroatoms. The highest BCUT2D eigenvalue weighted by Crippen LogP contribution is 2.30. The highest BCUT2D eigenvalue weighted by molar-refractivity contribution is 5.77. The number of likely N-dealkylation sites (tertiary alicyclic amines) is 1. The van der Waals surface area contributed by atoms with Gasteiger partial charge in [-0.05, 0) is 37.9 Å². The quantitative estimate of drug-likeness (QED) is 0.864. The minimum atomic E-state index is 0.0438. The SMILES string of the molecule is CNC(=O)CN1CCC[C@H](c2nccnc2Nc2ncccc2C)C1. The Kier molecular flexibility index (Phi) is 5.55. The summed E-state index contributed by atoms with van der Waals surface area (Å²) in [5, 5.41) is 6.01. The predicted octanol–water partition coefficient (Wildman–Crippen LogP) is 1.85. The number of carbonyl (C=O) groups excluding carboxylic acids is 1. The van der Waals surface area contributed by atoms with Gasteiger partial charge in [0.05, 0.1) is 12.2 Å². The highest BCUT2D eigenvalue weighted by atomic mass is 16.1. The van der Waals surface area contributed by atoms with Gasteiger partial charge in [0.1, 0.15) is 5.82 Å². The molecule has 25 heavy (non-hydrogen) atoms. The summed E-state index contributed by atoms with van der Waals surface area (Å²) < 4.78 is 0. The third-order valence-corrected chi connectivity index (χ3v) is 4.51. The van der Waals surface area contributed by atoms with Gasteiger partial charge in [-0.2, -0.15) is 0 Å². The lowest BCUT2D eigenvalue weighted by Gasteiger charge is -2.32. The Labute approximate surface area is 147 Å². The second-order valence-corrected chi connectivity index (χ2v) is 6.33. The van der Waals surface area contributed by atoms with Crippen LogP contribution in [0.1, 0.15) is 30.0 Å². The monoisotopic (exact) mass is 340 g/mol. The Hall–Kier alpha value is -2.54. The minimum absolute atomic E-state index is 0.0438. The summed E-state index contributed by atoms with van der Waals surface area (Å²) in [6.07, 6.45) is 7.26. The van der Waals surface area contributed by atoms with E-state index in [4.69, 9.17) is 0 Å². The number of nitrogens with one attached hydrogen (secondary N) is 2. The first kappa shape index (κ1) is 17.3. The highest BCUT2D eigenvalue weighted by Gasteiger charge is 2.26. The Morgan fingerprint density at radius 1 is 1.24 bits per heavy atom. The summed E-state index contributed by atoms with van der Waals surface area (Å²) in [6.45, 7) is 4.18. The molecular formula is C18H24N6O. The number of amides is 1. The zero-order valence-electron chi connectivity index (χ0n) is 14.7. The van der Waals surface area contributed by atoms with E-state index in [2.05, 4.69) is 30.5 Å². The molecule has 0 aliphatic carbocycles. The van der Waals surface area contributed by atoms with Gasteiger partial charge in [-0.25, -0.2) is 9.97 Å². The number of likely N-dealkylation sites (N-methyl/N-ethyl adjacent to an activating group) is 1. The zero-order valence-corrected chi connectivity index (χ0v) is 14.7. The normalized spacial score (nSPS) is 17.9. The van der Waals surface area contributed by atoms with Crippen molar-refractivity contribution in [2.24, 2.45) is 0 Å². The fourth-order valence-electron chi connectivity index (χ4n) is 3.18. The van der Waals surface area contributed by atoms with Crippen molar-refractivity contribution in [1.29, 1.82) is 0 Å². The molecule has 1 fully saturated rings. The van der Waals surface area contributed by atoms with E-state index in [1.54, 1.807) is 25.6 Å². The predicted molar refractivity (Wildman–Crippen MR) is 96.8 cm³/mol. The van der Waals surface area contributed by atoms with Crippen molar-refractivity contribution in [3.8, 4) is 0 Å². The van der Waals surface area contributed by atoms with Crippen LogP contribution in [-0.2, 0) is 4.79 Å². The van der Waals surface area contributed by atoms with Crippen LogP contribution in [0.5, 0.6) is 0 Å². The molecule has 1 atom stereocenters. The summed E-state index contributed by atoms with van der Waals surface area (Å²) in [5.74, 6) is 1.83. The van der Waals surface area contributed by atoms with E-state index in [0.29, 0.717) is 6.54 Å². The Morgan fingerprint density at radius 3 is 2.84 bits per heavy atom. The van der Waals surface area contributed by atoms with Gasteiger partial charge in [0.2, 0.25) is 5.91 Å². The fourth-order valence-corrected chi connectivity index (χ4v) is 3.18. The van der Waals surface area contributed by atoms with Crippen LogP contribution in [0.3, 0.4) is 0 Å². The lowest BCUT2D eigenvalue weighted by Crippen LogP contribution is -2.41. The average Bonchev–Trinajstić information content (AvgIpc) is 2.64. The smallest absolute Gasteiger partial charge is 0.233 e. The number of aryl methyl sites for hydroxylation is 1. The molecule has 7 nitrogen and oxygen atoms in total. The van der Waals surface area contributed by atoms with Gasteiger partial charge >= 0.3 is 0 Å². The van der Waals surface area contributed by atoms with Gasteiger partial charge < -0.3 is 10.6 Å². The Morgan fingerprint density at radius 2 is 2.04 bits per heavy atom. The van der Waals surface area contributed by atoms with E-state index in [1.165, 1.54) is 0 Å². The average molecular weight is 340 g/mol. The number of anilines is 2. The largest absolute Gasteiger partial charge is 0.358 e. The van der Waals surface area contributed by atoms with E-state index in [1.807, 2.05) is 19.1 Å². The molecule has 0 radical (unpaired) electrons. The molecule has 2 aromatic rings. The first-order valence-corrected chi connectivity index (χ1v) is 8.60. The number of rotatable bonds is 5. The summed E-state index contributed by atoms with van der Waals surface area (Å²) in [5.41, 5.74) is 2.00. The fraction of sp³-hybridized carbons (Fsp3) is 0.444. The summed E-state index contributed by atoms with van der Waals surface area (Å²) in [7, 11) is 1.67. The van der Waals surface area contributed by atoms with Crippen molar-refractivity contribution in [2.45, 2.75) is 25.7 Å². The van der Waals surface area contributed by atoms with E-state index in [9.17, 15) is 4.79 Å². The molecule has 3 heterocycles. The van der Waals surface area contributed by atoms with Crippen LogP contribution in [0, 0.1) is 6.92 Å². The van der Waals surface area contributed by atoms with Crippen molar-refractivity contribution in [1.82, 2.24) is 25.2 Å². The lowest BCUT2D eigenvalue weighted by molar-refractivity contribution is -0.122. The minimum Gasteiger partial charge on any atom is -0.358 e. The molecule has 1 aliphatic heterocycles. The summed E-state index contributed by atoms with van der Waals surface area (Å²) >= 11 is 0. The third-order valence-electron chi connectivity index (χ3n) is 4.51. The maximum atomic E-state index is 11.7. The van der Waals surface area contributed by atoms with E-state index in [-0.39, 0.29) is 11.8 Å². The van der Waals surface area contributed by atoms with Crippen molar-refractivity contribution < 1.29 is 4.79 Å². The molecule has 132 valence electrons. The molecule has 1 aliphatic rings. The van der Waals surface area contributed by atoms with E-state index >= 15 is 0 Å². The van der Waals surface area contributed by atoms with Crippen molar-refractivity contribution in [2.75, 3.05) is 32.0 Å². The van der Waals surface area contributed by atoms with Crippen molar-refractivity contribution in [3.63, 3.8) is 0 Å². The Bertz CT molecular complexity index is 735. The maximum absolute atomic E-state index is 11.7. The van der Waals surface area contributed by atoms with Gasteiger partial charge in [0, 0.05) is 38.1 Å². The number of nitrogens with zero attached hydrogens (tertiary/aromatic N) is 4. The number of carbonyl (C=O) groups is 1. The van der Waals surface area contributed by atoms with Gasteiger partial charge in [-0.1, -0.05) is 6.07 Å². The topological polar surface area (TPSA) is 83.0 Å². The summed E-state index contributed by atoms with van der Waals surface area (Å²) in [6, 6.07) is 3.92. The Balaban J connectivity index is 1.78. The second kappa shape index (κ2) is 8.02. The van der Waals surface area contributed by atoms with Gasteiger partial charge in [-0.15, -0.1) is 0 Å². The molecule has 0 bridgehead atoms. The number of aromatic nitrogens is 3. The molecule has 2 N–H and O–H groups in total. The number of piperidine rings is 1. The second-order valence-electron chi connectivity index (χ2n) is 6.33. The number of hydrogen-bond donors (Lipinski definition) is 2. The molecule has 0 unspecified atom stereocenters. The molecule has 0 aromatic carbocycles. The van der Waals surface area contributed by atoms with Crippen LogP contribution in [0.25, 0.3) is 0 Å². The van der Waals surface area contributed by atoms with E-state index in [0.717, 1.165) is 48.8 Å². The molecule has 3 rings (SSSR count). The van der Waals surface area contributed by atoms with Crippen LogP contribution in [0.2, 0.25) is 0 Å². The van der Waals surface area contributed by atoms with Crippen LogP contribution >= 0.6 is 0 Å². The first-order chi connectivity index (χ1) is 12.2. The third kappa shape index (κ3) is 4.30. The molecule has 2 aromatic heterocycles. The zero-order chi connectivity index (χ0) is 17.6. The number of pyridine rings is 1. The van der Waals surface area contributed by atoms with Gasteiger partial charge in [0.25, 0.3) is 0 Å². The van der Waals surface area contributed by atoms with Crippen LogP contribution in [0.15, 0.2) is 30.7 Å². The van der Waals surface area contributed by atoms with Gasteiger partial charge in [-0.3, -0.25) is 14.7 Å². The van der Waals surface area contributed by atoms with Crippen LogP contribution in [0.4, 0.5) is 11.6 Å². The maximum Gasteiger partial charge on any atom is 0.233 e. The molecule has 0 spiro atoms. The first-order valence-electron chi connectivity index (χ1n) is 8.60. The lowest BCUT2D eigenvalue weighted by atomic mass is 9.94. The van der Waals surface area contributed by atoms with Crippen LogP contribution in [-0.4, -0.2) is 52.4 Å². The van der Waals surface area contributed by atoms with E-state index < -0.39 is 0 Å². The molecular weight excluding hydrogens is 316 g/mol. The summed E-state index contributed by atoms with van der Waals surface area (Å²) in [4.78, 5) is 27.3. The van der Waals surface area contributed by atoms with Gasteiger partial charge in [0.15, 0.2) is 5.82 Å². The van der Waals surface area contributed by atoms with Crippen molar-refractivity contribution in [3.05, 3.63) is 42.0 Å². The standard InChI is InChI=1S/C18H24N6O/c1-13-5-3-7-21-17(13)23-18-16(20-8-9-22-18)14-6-4-10-24(11-14)12-15(25)19-2/h3,5,7-9,14H,4,6,10-12H2,1-2H3,(H,19,25)(H,21,22,23)/t14-/m0/s1. The van der Waals surface area contributed by atoms with Crippen LogP contribution < -0.4 is 10.6 Å². The van der Waals surface area contributed by atoms with Crippen molar-refractivity contribution >= 4 is 17.5 Å². The number of hydrogen-bond acceptors (Lipinski definition) is 6.